The molecule has 0 aliphatic carbocycles. The highest BCUT2D eigenvalue weighted by molar-refractivity contribution is 7.99. The number of benzene rings is 2. The van der Waals surface area contributed by atoms with Gasteiger partial charge < -0.3 is 9.88 Å². The lowest BCUT2D eigenvalue weighted by atomic mass is 9.92. The summed E-state index contributed by atoms with van der Waals surface area (Å²) in [6.07, 6.45) is 0. The Hall–Kier alpha value is -3.06. The van der Waals surface area contributed by atoms with E-state index in [0.29, 0.717) is 11.7 Å². The van der Waals surface area contributed by atoms with Gasteiger partial charge in [0.1, 0.15) is 5.82 Å². The van der Waals surface area contributed by atoms with Crippen molar-refractivity contribution in [2.24, 2.45) is 5.92 Å². The second-order valence-electron chi connectivity index (χ2n) is 9.64. The maximum atomic E-state index is 13.0. The van der Waals surface area contributed by atoms with Crippen molar-refractivity contribution in [1.29, 1.82) is 0 Å². The number of imidazole rings is 1. The quantitative estimate of drug-likeness (QED) is 0.348. The lowest BCUT2D eigenvalue weighted by Gasteiger charge is -2.14. The lowest BCUT2D eigenvalue weighted by molar-refractivity contribution is -0.113. The standard InChI is InChI=1S/C26H31N5OS/c1-18(2)16-30-21-14-10-9-13-20(21)27-25(30)33-17-24(32)28-23-15-22(26(3,4)5)29-31(23)19-11-7-6-8-12-19/h6-15,18H,16-17H2,1-5H3,(H,28,32). The van der Waals surface area contributed by atoms with E-state index in [2.05, 4.69) is 50.6 Å². The van der Waals surface area contributed by atoms with Crippen molar-refractivity contribution in [2.45, 2.75) is 51.7 Å². The number of aromatic nitrogens is 4. The molecule has 0 saturated heterocycles. The molecule has 6 nitrogen and oxygen atoms in total. The fraction of sp³-hybridized carbons (Fsp3) is 0.346. The molecule has 4 rings (SSSR count). The van der Waals surface area contributed by atoms with Crippen LogP contribution in [0.1, 0.15) is 40.3 Å². The minimum Gasteiger partial charge on any atom is -0.319 e. The molecule has 1 N–H and O–H groups in total. The average Bonchev–Trinajstić information content (AvgIpc) is 3.34. The molecule has 172 valence electrons. The number of hydrogen-bond donors (Lipinski definition) is 1. The largest absolute Gasteiger partial charge is 0.319 e. The van der Waals surface area contributed by atoms with Crippen molar-refractivity contribution < 1.29 is 4.79 Å². The Balaban J connectivity index is 1.55. The Morgan fingerprint density at radius 1 is 1.06 bits per heavy atom. The third-order valence-corrected chi connectivity index (χ3v) is 6.22. The Labute approximate surface area is 199 Å². The SMILES string of the molecule is CC(C)Cn1c(SCC(=O)Nc2cc(C(C)(C)C)nn2-c2ccccc2)nc2ccccc21. The third-order valence-electron chi connectivity index (χ3n) is 5.25. The number of nitrogens with zero attached hydrogens (tertiary/aromatic N) is 4. The van der Waals surface area contributed by atoms with Crippen LogP contribution in [0.5, 0.6) is 0 Å². The molecule has 0 aliphatic heterocycles. The van der Waals surface area contributed by atoms with E-state index in [9.17, 15) is 4.79 Å². The van der Waals surface area contributed by atoms with E-state index in [0.717, 1.165) is 34.1 Å². The number of thioether (sulfide) groups is 1. The summed E-state index contributed by atoms with van der Waals surface area (Å²) in [7, 11) is 0. The first-order valence-electron chi connectivity index (χ1n) is 11.3. The molecule has 2 aromatic heterocycles. The molecule has 0 unspecified atom stereocenters. The summed E-state index contributed by atoms with van der Waals surface area (Å²) < 4.78 is 4.01. The van der Waals surface area contributed by atoms with Gasteiger partial charge in [-0.1, -0.05) is 76.7 Å². The first-order chi connectivity index (χ1) is 15.7. The number of fused-ring (bicyclic) bond motifs is 1. The van der Waals surface area contributed by atoms with Gasteiger partial charge in [-0.25, -0.2) is 9.67 Å². The van der Waals surface area contributed by atoms with Crippen LogP contribution >= 0.6 is 11.8 Å². The third kappa shape index (κ3) is 5.30. The zero-order chi connectivity index (χ0) is 23.6. The number of carbonyl (C=O) groups excluding carboxylic acids is 1. The van der Waals surface area contributed by atoms with Gasteiger partial charge in [0.25, 0.3) is 0 Å². The Bertz CT molecular complexity index is 1250. The van der Waals surface area contributed by atoms with Crippen molar-refractivity contribution in [3.8, 4) is 5.69 Å². The van der Waals surface area contributed by atoms with Crippen LogP contribution in [0.4, 0.5) is 5.82 Å². The van der Waals surface area contributed by atoms with Crippen LogP contribution in [-0.2, 0) is 16.8 Å². The zero-order valence-electron chi connectivity index (χ0n) is 19.9. The van der Waals surface area contributed by atoms with E-state index in [4.69, 9.17) is 10.1 Å². The van der Waals surface area contributed by atoms with Crippen LogP contribution in [0, 0.1) is 5.92 Å². The summed E-state index contributed by atoms with van der Waals surface area (Å²) in [5, 5.41) is 8.71. The number of amides is 1. The molecule has 0 saturated carbocycles. The van der Waals surface area contributed by atoms with Crippen LogP contribution in [0.15, 0.2) is 65.8 Å². The topological polar surface area (TPSA) is 64.7 Å². The van der Waals surface area contributed by atoms with Crippen molar-refractivity contribution >= 4 is 34.5 Å². The summed E-state index contributed by atoms with van der Waals surface area (Å²) in [5.74, 6) is 1.34. The van der Waals surface area contributed by atoms with Gasteiger partial charge in [-0.2, -0.15) is 5.10 Å². The average molecular weight is 462 g/mol. The second-order valence-corrected chi connectivity index (χ2v) is 10.6. The van der Waals surface area contributed by atoms with Gasteiger partial charge in [-0.05, 0) is 30.2 Å². The van der Waals surface area contributed by atoms with E-state index in [1.165, 1.54) is 11.8 Å². The molecule has 0 aliphatic rings. The number of nitrogens with one attached hydrogen (secondary N) is 1. The summed E-state index contributed by atoms with van der Waals surface area (Å²) in [4.78, 5) is 17.7. The number of para-hydroxylation sites is 3. The minimum atomic E-state index is -0.129. The Kier molecular flexibility index (Phi) is 6.61. The van der Waals surface area contributed by atoms with Crippen molar-refractivity contribution in [2.75, 3.05) is 11.1 Å². The molecule has 0 spiro atoms. The highest BCUT2D eigenvalue weighted by atomic mass is 32.2. The molecule has 0 atom stereocenters. The fourth-order valence-electron chi connectivity index (χ4n) is 3.62. The molecule has 7 heteroatoms. The molecule has 0 radical (unpaired) electrons. The number of rotatable bonds is 7. The highest BCUT2D eigenvalue weighted by Gasteiger charge is 2.22. The van der Waals surface area contributed by atoms with Gasteiger partial charge in [-0.15, -0.1) is 0 Å². The summed E-state index contributed by atoms with van der Waals surface area (Å²) in [6, 6.07) is 20.0. The first kappa shape index (κ1) is 23.1. The van der Waals surface area contributed by atoms with E-state index in [1.807, 2.05) is 54.6 Å². The van der Waals surface area contributed by atoms with Gasteiger partial charge >= 0.3 is 0 Å². The molecule has 0 bridgehead atoms. The predicted molar refractivity (Wildman–Crippen MR) is 136 cm³/mol. The van der Waals surface area contributed by atoms with E-state index >= 15 is 0 Å². The summed E-state index contributed by atoms with van der Waals surface area (Å²) >= 11 is 1.47. The molecule has 33 heavy (non-hydrogen) atoms. The van der Waals surface area contributed by atoms with Gasteiger partial charge in [0.15, 0.2) is 5.16 Å². The van der Waals surface area contributed by atoms with Crippen LogP contribution in [0.2, 0.25) is 0 Å². The molecular formula is C26H31N5OS. The molecule has 0 fully saturated rings. The second kappa shape index (κ2) is 9.43. The van der Waals surface area contributed by atoms with Crippen molar-refractivity contribution in [3.63, 3.8) is 0 Å². The predicted octanol–water partition coefficient (Wildman–Crippen LogP) is 5.91. The maximum absolute atomic E-state index is 13.0. The fourth-order valence-corrected chi connectivity index (χ4v) is 4.44. The van der Waals surface area contributed by atoms with E-state index in [-0.39, 0.29) is 17.1 Å². The van der Waals surface area contributed by atoms with Crippen LogP contribution in [0.25, 0.3) is 16.7 Å². The van der Waals surface area contributed by atoms with Crippen LogP contribution in [0.3, 0.4) is 0 Å². The maximum Gasteiger partial charge on any atom is 0.236 e. The summed E-state index contributed by atoms with van der Waals surface area (Å²) in [6.45, 7) is 11.6. The Morgan fingerprint density at radius 2 is 1.76 bits per heavy atom. The number of anilines is 1. The smallest absolute Gasteiger partial charge is 0.236 e. The number of carbonyl (C=O) groups is 1. The number of hydrogen-bond acceptors (Lipinski definition) is 4. The van der Waals surface area contributed by atoms with E-state index < -0.39 is 0 Å². The van der Waals surface area contributed by atoms with Gasteiger partial charge in [0.05, 0.1) is 28.2 Å². The minimum absolute atomic E-state index is 0.0827. The van der Waals surface area contributed by atoms with Crippen LogP contribution in [-0.4, -0.2) is 31.0 Å². The Morgan fingerprint density at radius 3 is 2.45 bits per heavy atom. The monoisotopic (exact) mass is 461 g/mol. The van der Waals surface area contributed by atoms with Crippen molar-refractivity contribution in [3.05, 3.63) is 66.4 Å². The molecule has 1 amide bonds. The van der Waals surface area contributed by atoms with E-state index in [1.54, 1.807) is 4.68 Å². The zero-order valence-corrected chi connectivity index (χ0v) is 20.7. The lowest BCUT2D eigenvalue weighted by Crippen LogP contribution is -2.17. The first-order valence-corrected chi connectivity index (χ1v) is 12.2. The molecule has 2 heterocycles. The van der Waals surface area contributed by atoms with Gasteiger partial charge in [0, 0.05) is 18.0 Å². The normalized spacial score (nSPS) is 11.9. The summed E-state index contributed by atoms with van der Waals surface area (Å²) in [5.41, 5.74) is 3.77. The molecular weight excluding hydrogens is 430 g/mol. The van der Waals surface area contributed by atoms with Gasteiger partial charge in [0.2, 0.25) is 5.91 Å². The highest BCUT2D eigenvalue weighted by Crippen LogP contribution is 2.28. The molecule has 2 aromatic carbocycles. The van der Waals surface area contributed by atoms with Crippen molar-refractivity contribution in [1.82, 2.24) is 19.3 Å². The van der Waals surface area contributed by atoms with Gasteiger partial charge in [-0.3, -0.25) is 4.79 Å². The van der Waals surface area contributed by atoms with Crippen LogP contribution < -0.4 is 5.32 Å². The molecule has 4 aromatic rings.